The average molecular weight is 631 g/mol. The summed E-state index contributed by atoms with van der Waals surface area (Å²) in [5.74, 6) is -0.00953. The highest BCUT2D eigenvalue weighted by molar-refractivity contribution is 6.32. The minimum atomic E-state index is -0.431. The van der Waals surface area contributed by atoms with Gasteiger partial charge < -0.3 is 31.0 Å². The highest BCUT2D eigenvalue weighted by Crippen LogP contribution is 2.32. The van der Waals surface area contributed by atoms with Crippen LogP contribution in [-0.2, 0) is 0 Å². The molecule has 0 radical (unpaired) electrons. The lowest BCUT2D eigenvalue weighted by atomic mass is 9.97. The van der Waals surface area contributed by atoms with Crippen molar-refractivity contribution in [2.24, 2.45) is 0 Å². The van der Waals surface area contributed by atoms with Crippen molar-refractivity contribution in [3.63, 3.8) is 0 Å². The molecule has 2 amide bonds. The van der Waals surface area contributed by atoms with Gasteiger partial charge in [-0.3, -0.25) is 14.5 Å². The van der Waals surface area contributed by atoms with Crippen LogP contribution in [0.15, 0.2) is 16.5 Å². The van der Waals surface area contributed by atoms with Gasteiger partial charge in [0.1, 0.15) is 11.0 Å². The summed E-state index contributed by atoms with van der Waals surface area (Å²) in [4.78, 5) is 44.7. The molecule has 16 heteroatoms. The Bertz CT molecular complexity index is 1520. The number of nitrogens with two attached hydrogens (primary N) is 2. The fourth-order valence-corrected chi connectivity index (χ4v) is 6.17. The third kappa shape index (κ3) is 6.17. The number of amides is 2. The van der Waals surface area contributed by atoms with Gasteiger partial charge in [0.2, 0.25) is 0 Å². The maximum absolute atomic E-state index is 13.1. The van der Waals surface area contributed by atoms with Gasteiger partial charge in [0.05, 0.1) is 5.56 Å². The maximum Gasteiger partial charge on any atom is 0.309 e. The second kappa shape index (κ2) is 12.1. The van der Waals surface area contributed by atoms with Crippen LogP contribution in [0, 0.1) is 0 Å². The normalized spacial score (nSPS) is 19.9. The van der Waals surface area contributed by atoms with Gasteiger partial charge in [-0.05, 0) is 44.2 Å². The first kappa shape index (κ1) is 29.3. The van der Waals surface area contributed by atoms with Gasteiger partial charge >= 0.3 is 11.8 Å². The zero-order valence-corrected chi connectivity index (χ0v) is 25.2. The Kier molecular flexibility index (Phi) is 8.25. The molecular formula is C27H33Cl2N11O3. The van der Waals surface area contributed by atoms with E-state index in [2.05, 4.69) is 47.2 Å². The van der Waals surface area contributed by atoms with E-state index >= 15 is 0 Å². The van der Waals surface area contributed by atoms with Crippen molar-refractivity contribution in [3.05, 3.63) is 33.9 Å². The highest BCUT2D eigenvalue weighted by Gasteiger charge is 2.36. The fraction of sp³-hybridized carbons (Fsp3) is 0.519. The second-order valence-electron chi connectivity index (χ2n) is 11.1. The number of anilines is 3. The van der Waals surface area contributed by atoms with Gasteiger partial charge in [0, 0.05) is 50.8 Å². The van der Waals surface area contributed by atoms with Crippen LogP contribution in [-0.4, -0.2) is 97.6 Å². The lowest BCUT2D eigenvalue weighted by Crippen LogP contribution is -2.58. The molecule has 1 saturated carbocycles. The molecular weight excluding hydrogens is 597 g/mol. The summed E-state index contributed by atoms with van der Waals surface area (Å²) in [5, 5.41) is 11.0. The largest absolute Gasteiger partial charge is 0.410 e. The first-order valence-electron chi connectivity index (χ1n) is 14.4. The van der Waals surface area contributed by atoms with Crippen molar-refractivity contribution in [1.29, 1.82) is 0 Å². The minimum absolute atomic E-state index is 0.0181. The fourth-order valence-electron chi connectivity index (χ4n) is 5.77. The average Bonchev–Trinajstić information content (AvgIpc) is 3.68. The summed E-state index contributed by atoms with van der Waals surface area (Å²) < 4.78 is 5.52. The number of halogens is 2. The molecule has 3 aromatic rings. The van der Waals surface area contributed by atoms with Crippen molar-refractivity contribution in [2.75, 3.05) is 49.1 Å². The molecule has 1 atom stereocenters. The van der Waals surface area contributed by atoms with E-state index in [1.165, 1.54) is 0 Å². The van der Waals surface area contributed by atoms with E-state index in [4.69, 9.17) is 39.1 Å². The summed E-state index contributed by atoms with van der Waals surface area (Å²) in [6, 6.07) is 3.96. The topological polar surface area (TPSA) is 186 Å². The third-order valence-electron chi connectivity index (χ3n) is 8.24. The van der Waals surface area contributed by atoms with E-state index < -0.39 is 5.91 Å². The molecule has 3 aromatic heterocycles. The van der Waals surface area contributed by atoms with Crippen molar-refractivity contribution in [3.8, 4) is 11.6 Å². The van der Waals surface area contributed by atoms with Crippen LogP contribution in [0.25, 0.3) is 11.6 Å². The minimum Gasteiger partial charge on any atom is -0.410 e. The summed E-state index contributed by atoms with van der Waals surface area (Å²) >= 11 is 12.5. The number of nitrogens with zero attached hydrogens (tertiary/aromatic N) is 8. The molecule has 1 aliphatic carbocycles. The molecule has 43 heavy (non-hydrogen) atoms. The Morgan fingerprint density at radius 3 is 2.47 bits per heavy atom. The van der Waals surface area contributed by atoms with Gasteiger partial charge in [0.25, 0.3) is 11.8 Å². The highest BCUT2D eigenvalue weighted by atomic mass is 35.5. The summed E-state index contributed by atoms with van der Waals surface area (Å²) in [6.45, 7) is 5.61. The van der Waals surface area contributed by atoms with E-state index in [-0.39, 0.29) is 57.4 Å². The van der Waals surface area contributed by atoms with Gasteiger partial charge in [-0.1, -0.05) is 30.1 Å². The number of likely N-dealkylation sites (tertiary alicyclic amines) is 1. The van der Waals surface area contributed by atoms with Crippen LogP contribution in [0.1, 0.15) is 60.1 Å². The number of aromatic nitrogens is 5. The van der Waals surface area contributed by atoms with Gasteiger partial charge in [0.15, 0.2) is 22.5 Å². The number of nitrogen functional groups attached to an aromatic ring is 2. The molecule has 2 saturated heterocycles. The lowest BCUT2D eigenvalue weighted by Gasteiger charge is -2.47. The van der Waals surface area contributed by atoms with E-state index in [1.807, 2.05) is 4.90 Å². The number of carbonyl (C=O) groups excluding carboxylic acids is 2. The zero-order chi connectivity index (χ0) is 30.2. The lowest BCUT2D eigenvalue weighted by molar-refractivity contribution is 0.0491. The SMILES string of the molecule is CC[C@H]1CN(c2nc(N)c(-c3nnc(C(=O)NC4CC4)o3)nc2Cl)CCN1C1CCN(C(=O)c2ccc(Cl)nc2N)CC1. The quantitative estimate of drug-likeness (QED) is 0.325. The van der Waals surface area contributed by atoms with Crippen molar-refractivity contribution >= 4 is 52.5 Å². The van der Waals surface area contributed by atoms with Gasteiger partial charge in [-0.15, -0.1) is 10.2 Å². The molecule has 14 nitrogen and oxygen atoms in total. The Balaban J connectivity index is 1.09. The smallest absolute Gasteiger partial charge is 0.309 e. The van der Waals surface area contributed by atoms with Crippen molar-refractivity contribution in [1.82, 2.24) is 40.3 Å². The summed E-state index contributed by atoms with van der Waals surface area (Å²) in [7, 11) is 0. The molecule has 3 aliphatic rings. The van der Waals surface area contributed by atoms with Crippen LogP contribution < -0.4 is 21.7 Å². The molecule has 0 bridgehead atoms. The molecule has 0 aromatic carbocycles. The van der Waals surface area contributed by atoms with Crippen LogP contribution in [0.2, 0.25) is 10.3 Å². The number of pyridine rings is 1. The Morgan fingerprint density at radius 2 is 1.77 bits per heavy atom. The molecule has 228 valence electrons. The Morgan fingerprint density at radius 1 is 1.00 bits per heavy atom. The van der Waals surface area contributed by atoms with E-state index in [1.54, 1.807) is 12.1 Å². The van der Waals surface area contributed by atoms with E-state index in [9.17, 15) is 9.59 Å². The van der Waals surface area contributed by atoms with Crippen molar-refractivity contribution in [2.45, 2.75) is 57.2 Å². The number of piperazine rings is 1. The van der Waals surface area contributed by atoms with Crippen LogP contribution in [0.3, 0.4) is 0 Å². The number of carbonyl (C=O) groups is 2. The zero-order valence-electron chi connectivity index (χ0n) is 23.7. The molecule has 5 heterocycles. The molecule has 0 unspecified atom stereocenters. The molecule has 0 spiro atoms. The number of hydrogen-bond acceptors (Lipinski definition) is 12. The number of nitrogens with one attached hydrogen (secondary N) is 1. The first-order valence-corrected chi connectivity index (χ1v) is 15.2. The van der Waals surface area contributed by atoms with Crippen LogP contribution in [0.4, 0.5) is 17.5 Å². The number of hydrogen-bond donors (Lipinski definition) is 3. The predicted octanol–water partition coefficient (Wildman–Crippen LogP) is 2.49. The molecule has 6 rings (SSSR count). The third-order valence-corrected chi connectivity index (χ3v) is 8.70. The Hall–Kier alpha value is -3.75. The Labute approximate surface area is 258 Å². The number of rotatable bonds is 7. The molecule has 5 N–H and O–H groups in total. The van der Waals surface area contributed by atoms with Crippen LogP contribution >= 0.6 is 23.2 Å². The standard InChI is InChI=1S/C27H33Cl2N11O3/c1-2-15-13-39(11-12-40(15)16-7-9-38(10-8-16)27(42)17-5-6-18(28)33-21(17)30)23-20(29)34-19(22(31)35-23)25-36-37-26(43-25)24(41)32-14-3-4-14/h5-6,14-16H,2-4,7-13H2,1H3,(H2,30,33)(H2,31,35)(H,32,41)/t15-/m0/s1. The molecule has 3 fully saturated rings. The summed E-state index contributed by atoms with van der Waals surface area (Å²) in [6.07, 6.45) is 4.52. The van der Waals surface area contributed by atoms with E-state index in [0.29, 0.717) is 43.6 Å². The second-order valence-corrected chi connectivity index (χ2v) is 11.8. The summed E-state index contributed by atoms with van der Waals surface area (Å²) in [5.41, 5.74) is 12.7. The van der Waals surface area contributed by atoms with Crippen molar-refractivity contribution < 1.29 is 14.0 Å². The van der Waals surface area contributed by atoms with E-state index in [0.717, 1.165) is 38.6 Å². The van der Waals surface area contributed by atoms with Crippen LogP contribution in [0.5, 0.6) is 0 Å². The monoisotopic (exact) mass is 629 g/mol. The maximum atomic E-state index is 13.1. The van der Waals surface area contributed by atoms with Gasteiger partial charge in [-0.25, -0.2) is 15.0 Å². The van der Waals surface area contributed by atoms with Gasteiger partial charge in [-0.2, -0.15) is 0 Å². The predicted molar refractivity (Wildman–Crippen MR) is 161 cm³/mol. The first-order chi connectivity index (χ1) is 20.7. The molecule has 2 aliphatic heterocycles. The number of piperidine rings is 1.